The maximum atomic E-state index is 14.4. The molecule has 49 heavy (non-hydrogen) atoms. The number of urea groups is 1. The van der Waals surface area contributed by atoms with Crippen LogP contribution in [0, 0.1) is 12.8 Å². The molecule has 0 bridgehead atoms. The molecule has 0 N–H and O–H groups in total. The molecule has 3 aromatic rings. The lowest BCUT2D eigenvalue weighted by Crippen LogP contribution is -2.59. The van der Waals surface area contributed by atoms with Crippen LogP contribution in [0.1, 0.15) is 47.9 Å². The number of allylic oxidation sites excluding steroid dienone is 1. The Morgan fingerprint density at radius 2 is 1.63 bits per heavy atom. The molecule has 4 aliphatic rings. The highest BCUT2D eigenvalue weighted by Gasteiger charge is 2.37. The van der Waals surface area contributed by atoms with Gasteiger partial charge in [-0.25, -0.2) is 4.79 Å². The molecule has 0 radical (unpaired) electrons. The van der Waals surface area contributed by atoms with Gasteiger partial charge in [0.15, 0.2) is 5.78 Å². The second-order valence-electron chi connectivity index (χ2n) is 14.8. The number of amides is 3. The van der Waals surface area contributed by atoms with Crippen LogP contribution in [-0.2, 0) is 29.5 Å². The van der Waals surface area contributed by atoms with Gasteiger partial charge in [0, 0.05) is 77.6 Å². The standard InChI is InChI=1S/C39H51N7O3/c1-27-21-28(22-32-26-40-43(4)37(27)32)23-35(38(48)45-19-17-44(18-20-45)33-11-13-41(2)14-12-33)42(3)39(49)46-15-9-29(10-16-46)34-24-30-7-5-6-8-31(30)25-36(34)47/h5-8,21-22,24,26,29,33,35H,9-20,23,25H2,1-4H3/t35-/m1/s1. The summed E-state index contributed by atoms with van der Waals surface area (Å²) in [6, 6.07) is 12.2. The number of nitrogens with zero attached hydrogens (tertiary/aromatic N) is 7. The third-order valence-corrected chi connectivity index (χ3v) is 11.6. The second kappa shape index (κ2) is 14.1. The first-order valence-electron chi connectivity index (χ1n) is 18.1. The zero-order valence-electron chi connectivity index (χ0n) is 29.6. The predicted molar refractivity (Wildman–Crippen MR) is 192 cm³/mol. The molecule has 3 saturated heterocycles. The van der Waals surface area contributed by atoms with E-state index in [1.807, 2.05) is 45.9 Å². The molecule has 3 aliphatic heterocycles. The van der Waals surface area contributed by atoms with Crippen molar-refractivity contribution in [1.29, 1.82) is 0 Å². The van der Waals surface area contributed by atoms with Crippen LogP contribution in [0.4, 0.5) is 4.79 Å². The monoisotopic (exact) mass is 665 g/mol. The zero-order chi connectivity index (χ0) is 34.2. The van der Waals surface area contributed by atoms with E-state index < -0.39 is 6.04 Å². The van der Waals surface area contributed by atoms with E-state index in [-0.39, 0.29) is 23.6 Å². The van der Waals surface area contributed by atoms with Crippen LogP contribution < -0.4 is 0 Å². The molecule has 0 unspecified atom stereocenters. The smallest absolute Gasteiger partial charge is 0.320 e. The summed E-state index contributed by atoms with van der Waals surface area (Å²) in [7, 11) is 5.93. The van der Waals surface area contributed by atoms with E-state index in [1.54, 1.807) is 11.9 Å². The summed E-state index contributed by atoms with van der Waals surface area (Å²) in [5.41, 5.74) is 6.33. The zero-order valence-corrected chi connectivity index (χ0v) is 29.6. The van der Waals surface area contributed by atoms with Gasteiger partial charge in [-0.1, -0.05) is 30.3 Å². The van der Waals surface area contributed by atoms with E-state index in [1.165, 1.54) is 12.8 Å². The molecular formula is C39H51N7O3. The molecule has 10 heteroatoms. The van der Waals surface area contributed by atoms with Crippen molar-refractivity contribution < 1.29 is 14.4 Å². The van der Waals surface area contributed by atoms with E-state index in [0.29, 0.717) is 45.1 Å². The number of hydrogen-bond donors (Lipinski definition) is 0. The molecule has 3 amide bonds. The van der Waals surface area contributed by atoms with Gasteiger partial charge in [0.05, 0.1) is 11.7 Å². The van der Waals surface area contributed by atoms with Crippen molar-refractivity contribution >= 4 is 34.7 Å². The molecule has 10 nitrogen and oxygen atoms in total. The average molecular weight is 666 g/mol. The molecule has 3 fully saturated rings. The third kappa shape index (κ3) is 6.90. The fraction of sp³-hybridized carbons (Fsp3) is 0.538. The Morgan fingerprint density at radius 1 is 0.918 bits per heavy atom. The van der Waals surface area contributed by atoms with Gasteiger partial charge < -0.3 is 19.6 Å². The number of benzene rings is 2. The number of carbonyl (C=O) groups excluding carboxylic acids is 3. The summed E-state index contributed by atoms with van der Waals surface area (Å²) in [6.07, 6.45) is 8.67. The van der Waals surface area contributed by atoms with Crippen molar-refractivity contribution in [3.05, 3.63) is 70.4 Å². The van der Waals surface area contributed by atoms with Crippen LogP contribution in [0.3, 0.4) is 0 Å². The molecule has 7 rings (SSSR count). The number of aromatic nitrogens is 2. The maximum Gasteiger partial charge on any atom is 0.320 e. The van der Waals surface area contributed by atoms with Gasteiger partial charge in [-0.3, -0.25) is 19.2 Å². The number of rotatable bonds is 6. The van der Waals surface area contributed by atoms with Crippen molar-refractivity contribution in [3.63, 3.8) is 0 Å². The van der Waals surface area contributed by atoms with Crippen LogP contribution >= 0.6 is 0 Å². The minimum absolute atomic E-state index is 0.0225. The highest BCUT2D eigenvalue weighted by atomic mass is 16.2. The molecule has 260 valence electrons. The Balaban J connectivity index is 1.06. The number of piperazine rings is 1. The Hall–Kier alpha value is -4.02. The number of ketones is 1. The lowest BCUT2D eigenvalue weighted by Gasteiger charge is -2.44. The number of likely N-dealkylation sites (tertiary alicyclic amines) is 2. The number of Topliss-reactive ketones (excluding diaryl/α,β-unsaturated/α-hetero) is 1. The maximum absolute atomic E-state index is 14.4. The summed E-state index contributed by atoms with van der Waals surface area (Å²) < 4.78 is 1.88. The Morgan fingerprint density at radius 3 is 2.37 bits per heavy atom. The molecule has 1 aromatic heterocycles. The van der Waals surface area contributed by atoms with E-state index in [0.717, 1.165) is 77.8 Å². The SMILES string of the molecule is Cc1cc(C[C@H](C(=O)N2CCN(C3CCN(C)CC3)CC2)N(C)C(=O)N2CCC(C3=Cc4ccccc4CC3=O)CC2)cc2cnn(C)c12. The summed E-state index contributed by atoms with van der Waals surface area (Å²) in [4.78, 5) is 52.2. The van der Waals surface area contributed by atoms with Crippen LogP contribution in [0.15, 0.2) is 48.2 Å². The average Bonchev–Trinajstić information content (AvgIpc) is 3.50. The van der Waals surface area contributed by atoms with E-state index in [9.17, 15) is 14.4 Å². The van der Waals surface area contributed by atoms with Gasteiger partial charge in [0.2, 0.25) is 5.91 Å². The number of aryl methyl sites for hydroxylation is 2. The van der Waals surface area contributed by atoms with Gasteiger partial charge in [0.25, 0.3) is 0 Å². The van der Waals surface area contributed by atoms with Crippen LogP contribution in [0.25, 0.3) is 17.0 Å². The summed E-state index contributed by atoms with van der Waals surface area (Å²) in [5.74, 6) is 0.361. The first-order valence-corrected chi connectivity index (χ1v) is 18.1. The van der Waals surface area contributed by atoms with E-state index in [4.69, 9.17) is 0 Å². The van der Waals surface area contributed by atoms with Crippen molar-refractivity contribution in [1.82, 2.24) is 34.3 Å². The quantitative estimate of drug-likeness (QED) is 0.396. The normalized spacial score (nSPS) is 20.7. The third-order valence-electron chi connectivity index (χ3n) is 11.6. The Bertz CT molecular complexity index is 1740. The van der Waals surface area contributed by atoms with Gasteiger partial charge in [-0.2, -0.15) is 5.10 Å². The highest BCUT2D eigenvalue weighted by molar-refractivity contribution is 6.04. The highest BCUT2D eigenvalue weighted by Crippen LogP contribution is 2.32. The molecule has 1 atom stereocenters. The van der Waals surface area contributed by atoms with Crippen molar-refractivity contribution in [3.8, 4) is 0 Å². The van der Waals surface area contributed by atoms with Crippen molar-refractivity contribution in [2.24, 2.45) is 13.0 Å². The topological polar surface area (TPSA) is 85.2 Å². The van der Waals surface area contributed by atoms with Crippen LogP contribution in [-0.4, -0.2) is 131 Å². The fourth-order valence-corrected chi connectivity index (χ4v) is 8.68. The first-order chi connectivity index (χ1) is 23.7. The molecule has 2 aromatic carbocycles. The molecule has 0 spiro atoms. The largest absolute Gasteiger partial charge is 0.338 e. The summed E-state index contributed by atoms with van der Waals surface area (Å²) in [6.45, 7) is 8.57. The molecule has 4 heterocycles. The minimum Gasteiger partial charge on any atom is -0.338 e. The number of likely N-dealkylation sites (N-methyl/N-ethyl adjacent to an activating group) is 1. The van der Waals surface area contributed by atoms with Gasteiger partial charge in [0.1, 0.15) is 6.04 Å². The van der Waals surface area contributed by atoms with E-state index in [2.05, 4.69) is 53.1 Å². The summed E-state index contributed by atoms with van der Waals surface area (Å²) in [5, 5.41) is 5.50. The van der Waals surface area contributed by atoms with Crippen LogP contribution in [0.2, 0.25) is 0 Å². The number of fused-ring (bicyclic) bond motifs is 2. The predicted octanol–water partition coefficient (Wildman–Crippen LogP) is 4.00. The Labute approximate surface area is 290 Å². The van der Waals surface area contributed by atoms with Gasteiger partial charge in [-0.15, -0.1) is 0 Å². The first kappa shape index (κ1) is 33.5. The number of hydrogen-bond acceptors (Lipinski definition) is 6. The summed E-state index contributed by atoms with van der Waals surface area (Å²) >= 11 is 0. The Kier molecular flexibility index (Phi) is 9.61. The minimum atomic E-state index is -0.618. The van der Waals surface area contributed by atoms with Gasteiger partial charge in [-0.05, 0) is 98.6 Å². The molecule has 1 aliphatic carbocycles. The van der Waals surface area contributed by atoms with E-state index >= 15 is 0 Å². The molecule has 0 saturated carbocycles. The van der Waals surface area contributed by atoms with Crippen molar-refractivity contribution in [2.45, 2.75) is 57.5 Å². The number of piperidine rings is 2. The lowest BCUT2D eigenvalue weighted by molar-refractivity contribution is -0.138. The number of carbonyl (C=O) groups is 3. The van der Waals surface area contributed by atoms with Crippen molar-refractivity contribution in [2.75, 3.05) is 66.5 Å². The van der Waals surface area contributed by atoms with Gasteiger partial charge >= 0.3 is 6.03 Å². The fourth-order valence-electron chi connectivity index (χ4n) is 8.68. The second-order valence-corrected chi connectivity index (χ2v) is 14.8. The lowest BCUT2D eigenvalue weighted by atomic mass is 9.80. The molecular weight excluding hydrogens is 614 g/mol. The van der Waals surface area contributed by atoms with Crippen LogP contribution in [0.5, 0.6) is 0 Å².